The number of benzene rings is 1. The number of aromatic amines is 1. The van der Waals surface area contributed by atoms with E-state index in [9.17, 15) is 9.59 Å². The van der Waals surface area contributed by atoms with Crippen molar-refractivity contribution in [3.8, 4) is 11.5 Å². The SMILES string of the molecule is O=C(NCCc1cc2ccccc2[nH]c1=O)c1cc(-c2ccco2)on1. The van der Waals surface area contributed by atoms with Crippen LogP contribution in [0.25, 0.3) is 22.4 Å². The zero-order valence-corrected chi connectivity index (χ0v) is 13.7. The van der Waals surface area contributed by atoms with Gasteiger partial charge in [0.05, 0.1) is 6.26 Å². The fraction of sp³-hybridized carbons (Fsp3) is 0.105. The molecule has 0 saturated heterocycles. The number of para-hydroxylation sites is 1. The summed E-state index contributed by atoms with van der Waals surface area (Å²) in [5.74, 6) is 0.508. The van der Waals surface area contributed by atoms with Crippen molar-refractivity contribution in [1.29, 1.82) is 0 Å². The molecule has 0 atom stereocenters. The first-order valence-corrected chi connectivity index (χ1v) is 8.10. The van der Waals surface area contributed by atoms with Crippen molar-refractivity contribution in [2.75, 3.05) is 6.54 Å². The molecule has 0 aliphatic rings. The molecule has 4 aromatic rings. The van der Waals surface area contributed by atoms with E-state index in [0.29, 0.717) is 30.0 Å². The molecule has 0 aliphatic carbocycles. The summed E-state index contributed by atoms with van der Waals surface area (Å²) in [6.07, 6.45) is 1.92. The first-order valence-electron chi connectivity index (χ1n) is 8.10. The fourth-order valence-electron chi connectivity index (χ4n) is 2.70. The number of amides is 1. The fourth-order valence-corrected chi connectivity index (χ4v) is 2.70. The summed E-state index contributed by atoms with van der Waals surface area (Å²) in [5.41, 5.74) is 1.40. The van der Waals surface area contributed by atoms with Gasteiger partial charge in [-0.1, -0.05) is 23.4 Å². The lowest BCUT2D eigenvalue weighted by Gasteiger charge is -2.04. The number of carbonyl (C=O) groups is 1. The van der Waals surface area contributed by atoms with E-state index in [4.69, 9.17) is 8.94 Å². The molecule has 3 heterocycles. The van der Waals surface area contributed by atoms with Crippen molar-refractivity contribution >= 4 is 16.8 Å². The maximum Gasteiger partial charge on any atom is 0.273 e. The highest BCUT2D eigenvalue weighted by Gasteiger charge is 2.15. The van der Waals surface area contributed by atoms with Gasteiger partial charge < -0.3 is 19.2 Å². The predicted molar refractivity (Wildman–Crippen MR) is 94.8 cm³/mol. The Labute approximate surface area is 147 Å². The summed E-state index contributed by atoms with van der Waals surface area (Å²) in [5, 5.41) is 7.43. The molecule has 0 saturated carbocycles. The third kappa shape index (κ3) is 3.14. The van der Waals surface area contributed by atoms with Crippen molar-refractivity contribution in [1.82, 2.24) is 15.5 Å². The van der Waals surface area contributed by atoms with Crippen LogP contribution >= 0.6 is 0 Å². The predicted octanol–water partition coefficient (Wildman–Crippen LogP) is 2.75. The van der Waals surface area contributed by atoms with E-state index in [1.54, 1.807) is 12.1 Å². The first kappa shape index (κ1) is 15.9. The minimum Gasteiger partial charge on any atom is -0.461 e. The maximum atomic E-state index is 12.2. The van der Waals surface area contributed by atoms with Crippen LogP contribution in [0, 0.1) is 0 Å². The molecule has 2 N–H and O–H groups in total. The number of H-pyrrole nitrogens is 1. The number of aromatic nitrogens is 2. The Balaban J connectivity index is 1.41. The largest absolute Gasteiger partial charge is 0.461 e. The van der Waals surface area contributed by atoms with Gasteiger partial charge in [0.15, 0.2) is 11.5 Å². The van der Waals surface area contributed by atoms with Crippen molar-refractivity contribution < 1.29 is 13.7 Å². The monoisotopic (exact) mass is 349 g/mol. The summed E-state index contributed by atoms with van der Waals surface area (Å²) >= 11 is 0. The van der Waals surface area contributed by atoms with Crippen LogP contribution in [0.1, 0.15) is 16.1 Å². The highest BCUT2D eigenvalue weighted by molar-refractivity contribution is 5.92. The van der Waals surface area contributed by atoms with E-state index < -0.39 is 0 Å². The quantitative estimate of drug-likeness (QED) is 0.577. The van der Waals surface area contributed by atoms with Gasteiger partial charge in [-0.2, -0.15) is 0 Å². The minimum atomic E-state index is -0.372. The number of rotatable bonds is 5. The lowest BCUT2D eigenvalue weighted by atomic mass is 10.1. The van der Waals surface area contributed by atoms with Crippen LogP contribution in [-0.2, 0) is 6.42 Å². The molecule has 0 fully saturated rings. The third-order valence-corrected chi connectivity index (χ3v) is 4.02. The number of nitrogens with zero attached hydrogens (tertiary/aromatic N) is 1. The second-order valence-corrected chi connectivity index (χ2v) is 5.77. The van der Waals surface area contributed by atoms with E-state index >= 15 is 0 Å². The number of pyridine rings is 1. The van der Waals surface area contributed by atoms with Crippen molar-refractivity contribution in [2.45, 2.75) is 6.42 Å². The van der Waals surface area contributed by atoms with E-state index in [2.05, 4.69) is 15.5 Å². The zero-order chi connectivity index (χ0) is 17.9. The number of hydrogen-bond acceptors (Lipinski definition) is 5. The lowest BCUT2D eigenvalue weighted by molar-refractivity contribution is 0.0945. The van der Waals surface area contributed by atoms with Crippen LogP contribution < -0.4 is 10.9 Å². The molecule has 1 aromatic carbocycles. The minimum absolute atomic E-state index is 0.153. The van der Waals surface area contributed by atoms with E-state index in [1.165, 1.54) is 12.3 Å². The summed E-state index contributed by atoms with van der Waals surface area (Å²) in [6, 6.07) is 14.3. The van der Waals surface area contributed by atoms with Crippen LogP contribution in [0.15, 0.2) is 68.5 Å². The molecule has 130 valence electrons. The lowest BCUT2D eigenvalue weighted by Crippen LogP contribution is -2.27. The number of fused-ring (bicyclic) bond motifs is 1. The van der Waals surface area contributed by atoms with Crippen molar-refractivity contribution in [3.05, 3.63) is 76.4 Å². The summed E-state index contributed by atoms with van der Waals surface area (Å²) in [6.45, 7) is 0.309. The molecule has 7 nitrogen and oxygen atoms in total. The summed E-state index contributed by atoms with van der Waals surface area (Å²) in [7, 11) is 0. The van der Waals surface area contributed by atoms with Crippen LogP contribution in [0.3, 0.4) is 0 Å². The Morgan fingerprint density at radius 3 is 2.85 bits per heavy atom. The number of furan rings is 1. The molecule has 3 aromatic heterocycles. The average Bonchev–Trinajstić information content (AvgIpc) is 3.33. The number of carbonyl (C=O) groups excluding carboxylic acids is 1. The van der Waals surface area contributed by atoms with E-state index in [-0.39, 0.29) is 17.2 Å². The van der Waals surface area contributed by atoms with Gasteiger partial charge in [-0.15, -0.1) is 0 Å². The number of nitrogens with one attached hydrogen (secondary N) is 2. The van der Waals surface area contributed by atoms with Gasteiger partial charge >= 0.3 is 0 Å². The topological polar surface area (TPSA) is 101 Å². The summed E-state index contributed by atoms with van der Waals surface area (Å²) < 4.78 is 10.3. The highest BCUT2D eigenvalue weighted by Crippen LogP contribution is 2.20. The Morgan fingerprint density at radius 1 is 1.12 bits per heavy atom. The first-order chi connectivity index (χ1) is 12.7. The van der Waals surface area contributed by atoms with Gasteiger partial charge in [0, 0.05) is 23.7 Å². The van der Waals surface area contributed by atoms with E-state index in [1.807, 2.05) is 30.3 Å². The van der Waals surface area contributed by atoms with Gasteiger partial charge in [0.2, 0.25) is 5.76 Å². The highest BCUT2D eigenvalue weighted by atomic mass is 16.5. The van der Waals surface area contributed by atoms with Crippen LogP contribution in [0.5, 0.6) is 0 Å². The molecular formula is C19H15N3O4. The smallest absolute Gasteiger partial charge is 0.273 e. The third-order valence-electron chi connectivity index (χ3n) is 4.02. The van der Waals surface area contributed by atoms with Gasteiger partial charge in [0.1, 0.15) is 0 Å². The maximum absolute atomic E-state index is 12.2. The summed E-state index contributed by atoms with van der Waals surface area (Å²) in [4.78, 5) is 27.1. The standard InChI is InChI=1S/C19H15N3O4/c23-18-13(10-12-4-1-2-5-14(12)21-18)7-8-20-19(24)15-11-17(26-22-15)16-6-3-9-25-16/h1-6,9-11H,7-8H2,(H,20,24)(H,21,23). The van der Waals surface area contributed by atoms with Crippen molar-refractivity contribution in [3.63, 3.8) is 0 Å². The molecule has 1 amide bonds. The Morgan fingerprint density at radius 2 is 2.00 bits per heavy atom. The Kier molecular flexibility index (Phi) is 4.10. The molecule has 0 bridgehead atoms. The van der Waals surface area contributed by atoms with Crippen LogP contribution in [0.4, 0.5) is 0 Å². The van der Waals surface area contributed by atoms with Crippen LogP contribution in [-0.4, -0.2) is 22.6 Å². The second kappa shape index (κ2) is 6.72. The normalized spacial score (nSPS) is 10.9. The molecular weight excluding hydrogens is 334 g/mol. The Hall–Kier alpha value is -3.61. The van der Waals surface area contributed by atoms with Gasteiger partial charge in [0.25, 0.3) is 11.5 Å². The molecule has 7 heteroatoms. The van der Waals surface area contributed by atoms with Gasteiger partial charge in [-0.3, -0.25) is 9.59 Å². The molecule has 4 rings (SSSR count). The average molecular weight is 349 g/mol. The molecule has 0 aliphatic heterocycles. The number of hydrogen-bond donors (Lipinski definition) is 2. The van der Waals surface area contributed by atoms with Gasteiger partial charge in [-0.05, 0) is 36.1 Å². The van der Waals surface area contributed by atoms with Crippen LogP contribution in [0.2, 0.25) is 0 Å². The second-order valence-electron chi connectivity index (χ2n) is 5.77. The molecule has 0 unspecified atom stereocenters. The van der Waals surface area contributed by atoms with E-state index in [0.717, 1.165) is 10.9 Å². The molecule has 0 radical (unpaired) electrons. The molecule has 26 heavy (non-hydrogen) atoms. The molecule has 0 spiro atoms. The van der Waals surface area contributed by atoms with Crippen molar-refractivity contribution in [2.24, 2.45) is 0 Å². The Bertz CT molecular complexity index is 1110. The zero-order valence-electron chi connectivity index (χ0n) is 13.7. The van der Waals surface area contributed by atoms with Gasteiger partial charge in [-0.25, -0.2) is 0 Å².